The third-order valence-electron chi connectivity index (χ3n) is 6.13. The third-order valence-corrected chi connectivity index (χ3v) is 6.13. The van der Waals surface area contributed by atoms with Crippen molar-refractivity contribution < 1.29 is 18.7 Å². The Balaban J connectivity index is 1.21. The number of furan rings is 1. The molecule has 1 fully saturated rings. The highest BCUT2D eigenvalue weighted by atomic mass is 19.1. The van der Waals surface area contributed by atoms with Crippen LogP contribution in [-0.4, -0.2) is 47.2 Å². The minimum Gasteiger partial charge on any atom is -0.462 e. The minimum absolute atomic E-state index is 0.218. The molecule has 0 radical (unpaired) electrons. The number of hydrogen-bond donors (Lipinski definition) is 2. The second-order valence-electron chi connectivity index (χ2n) is 8.62. The van der Waals surface area contributed by atoms with Crippen LogP contribution in [-0.2, 0) is 4.79 Å². The van der Waals surface area contributed by atoms with Crippen LogP contribution in [0.1, 0.15) is 17.6 Å². The van der Waals surface area contributed by atoms with Crippen molar-refractivity contribution >= 4 is 23.2 Å². The van der Waals surface area contributed by atoms with E-state index in [0.29, 0.717) is 36.0 Å². The number of nitrogens with one attached hydrogen (secondary N) is 1. The molecule has 5 rings (SSSR count). The van der Waals surface area contributed by atoms with Gasteiger partial charge in [0.25, 0.3) is 5.91 Å². The Hall–Kier alpha value is -4.24. The molecule has 1 atom stereocenters. The second kappa shape index (κ2) is 10.2. The molecule has 1 aliphatic heterocycles. The molecule has 1 unspecified atom stereocenters. The number of aliphatic hydroxyl groups is 1. The Morgan fingerprint density at radius 2 is 1.64 bits per heavy atom. The molecule has 36 heavy (non-hydrogen) atoms. The van der Waals surface area contributed by atoms with Gasteiger partial charge in [0.15, 0.2) is 11.9 Å². The molecule has 1 aliphatic rings. The average molecular weight is 488 g/mol. The van der Waals surface area contributed by atoms with Crippen LogP contribution >= 0.6 is 0 Å². The Bertz CT molecular complexity index is 1320. The van der Waals surface area contributed by atoms with Crippen molar-refractivity contribution in [3.8, 4) is 11.1 Å². The molecule has 184 valence electrons. The van der Waals surface area contributed by atoms with E-state index >= 15 is 0 Å². The van der Waals surface area contributed by atoms with Crippen LogP contribution in [0, 0.1) is 12.7 Å². The van der Waals surface area contributed by atoms with Crippen molar-refractivity contribution in [3.63, 3.8) is 0 Å². The highest BCUT2D eigenvalue weighted by molar-refractivity contribution is 5.95. The van der Waals surface area contributed by atoms with E-state index in [4.69, 9.17) is 4.42 Å². The van der Waals surface area contributed by atoms with E-state index in [0.717, 1.165) is 24.3 Å². The number of nitrogens with zero attached hydrogens (tertiary/aromatic N) is 4. The van der Waals surface area contributed by atoms with Gasteiger partial charge in [0.1, 0.15) is 11.5 Å². The van der Waals surface area contributed by atoms with E-state index in [1.54, 1.807) is 19.1 Å². The fourth-order valence-corrected chi connectivity index (χ4v) is 4.30. The lowest BCUT2D eigenvalue weighted by Crippen LogP contribution is -2.47. The number of benzene rings is 2. The first-order valence-corrected chi connectivity index (χ1v) is 11.7. The fourth-order valence-electron chi connectivity index (χ4n) is 4.30. The number of carbonyl (C=O) groups is 1. The normalized spacial score (nSPS) is 14.5. The van der Waals surface area contributed by atoms with Gasteiger partial charge in [0.2, 0.25) is 5.95 Å². The highest BCUT2D eigenvalue weighted by Gasteiger charge is 2.26. The van der Waals surface area contributed by atoms with Crippen molar-refractivity contribution in [2.75, 3.05) is 41.3 Å². The summed E-state index contributed by atoms with van der Waals surface area (Å²) in [7, 11) is 0. The molecule has 2 N–H and O–H groups in total. The van der Waals surface area contributed by atoms with E-state index in [1.807, 2.05) is 53.4 Å². The van der Waals surface area contributed by atoms with Crippen molar-refractivity contribution in [1.82, 2.24) is 9.97 Å². The predicted octanol–water partition coefficient (Wildman–Crippen LogP) is 4.18. The van der Waals surface area contributed by atoms with Gasteiger partial charge in [0, 0.05) is 43.1 Å². The summed E-state index contributed by atoms with van der Waals surface area (Å²) in [6, 6.07) is 18.8. The van der Waals surface area contributed by atoms with Crippen molar-refractivity contribution in [2.45, 2.75) is 13.0 Å². The molecule has 9 heteroatoms. The third kappa shape index (κ3) is 5.06. The van der Waals surface area contributed by atoms with Gasteiger partial charge in [-0.3, -0.25) is 4.79 Å². The van der Waals surface area contributed by atoms with Crippen LogP contribution in [0.2, 0.25) is 0 Å². The molecule has 2 aromatic heterocycles. The molecule has 1 amide bonds. The Labute approximate surface area is 208 Å². The van der Waals surface area contributed by atoms with E-state index in [1.165, 1.54) is 12.4 Å². The van der Waals surface area contributed by atoms with Crippen LogP contribution in [0.25, 0.3) is 11.1 Å². The molecular weight excluding hydrogens is 461 g/mol. The molecule has 3 heterocycles. The number of halogens is 1. The Kier molecular flexibility index (Phi) is 6.64. The molecule has 1 saturated heterocycles. The average Bonchev–Trinajstić information content (AvgIpc) is 3.31. The maximum atomic E-state index is 13.1. The van der Waals surface area contributed by atoms with Crippen LogP contribution in [0.3, 0.4) is 0 Å². The van der Waals surface area contributed by atoms with Crippen LogP contribution in [0.15, 0.2) is 77.5 Å². The summed E-state index contributed by atoms with van der Waals surface area (Å²) < 4.78 is 18.8. The van der Waals surface area contributed by atoms with E-state index < -0.39 is 17.8 Å². The SMILES string of the molecule is Cc1cc(-c2ccccc2)c(C(O)C(=O)Nc2ccc(N3CCN(c4ncc(F)cn4)CC3)cc2)o1. The smallest absolute Gasteiger partial charge is 0.261 e. The first-order valence-electron chi connectivity index (χ1n) is 11.7. The summed E-state index contributed by atoms with van der Waals surface area (Å²) in [5.41, 5.74) is 3.15. The number of piperazine rings is 1. The monoisotopic (exact) mass is 487 g/mol. The van der Waals surface area contributed by atoms with Crippen molar-refractivity contribution in [3.05, 3.63) is 90.4 Å². The lowest BCUT2D eigenvalue weighted by Gasteiger charge is -2.36. The molecule has 0 saturated carbocycles. The van der Waals surface area contributed by atoms with Crippen LogP contribution in [0.5, 0.6) is 0 Å². The Morgan fingerprint density at radius 1 is 1.00 bits per heavy atom. The van der Waals surface area contributed by atoms with Gasteiger partial charge in [-0.2, -0.15) is 0 Å². The number of aromatic nitrogens is 2. The van der Waals surface area contributed by atoms with Gasteiger partial charge in [-0.15, -0.1) is 0 Å². The van der Waals surface area contributed by atoms with Gasteiger partial charge < -0.3 is 24.6 Å². The maximum absolute atomic E-state index is 13.1. The van der Waals surface area contributed by atoms with Crippen LogP contribution < -0.4 is 15.1 Å². The summed E-state index contributed by atoms with van der Waals surface area (Å²) in [6.45, 7) is 4.72. The van der Waals surface area contributed by atoms with E-state index in [9.17, 15) is 14.3 Å². The first-order chi connectivity index (χ1) is 17.5. The Morgan fingerprint density at radius 3 is 2.31 bits per heavy atom. The topological polar surface area (TPSA) is 94.7 Å². The number of amides is 1. The van der Waals surface area contributed by atoms with Gasteiger partial charge in [-0.05, 0) is 42.8 Å². The lowest BCUT2D eigenvalue weighted by molar-refractivity contribution is -0.125. The number of anilines is 3. The number of rotatable bonds is 6. The van der Waals surface area contributed by atoms with E-state index in [2.05, 4.69) is 20.2 Å². The summed E-state index contributed by atoms with van der Waals surface area (Å²) in [5.74, 6) is 0.340. The fraction of sp³-hybridized carbons (Fsp3) is 0.222. The molecule has 8 nitrogen and oxygen atoms in total. The van der Waals surface area contributed by atoms with Crippen molar-refractivity contribution in [2.24, 2.45) is 0 Å². The summed E-state index contributed by atoms with van der Waals surface area (Å²) in [5, 5.41) is 13.5. The van der Waals surface area contributed by atoms with Crippen molar-refractivity contribution in [1.29, 1.82) is 0 Å². The zero-order chi connectivity index (χ0) is 25.1. The molecule has 0 bridgehead atoms. The summed E-state index contributed by atoms with van der Waals surface area (Å²) in [6.07, 6.45) is 0.901. The molecule has 0 aliphatic carbocycles. The van der Waals surface area contributed by atoms with E-state index in [-0.39, 0.29) is 5.76 Å². The van der Waals surface area contributed by atoms with Crippen LogP contribution in [0.4, 0.5) is 21.7 Å². The predicted molar refractivity (Wildman–Crippen MR) is 135 cm³/mol. The van der Waals surface area contributed by atoms with Gasteiger partial charge in [-0.1, -0.05) is 30.3 Å². The highest BCUT2D eigenvalue weighted by Crippen LogP contribution is 2.32. The summed E-state index contributed by atoms with van der Waals surface area (Å²) in [4.78, 5) is 25.2. The standard InChI is InChI=1S/C27H26FN5O3/c1-18-15-23(19-5-3-2-4-6-19)25(36-18)24(34)26(35)31-21-7-9-22(10-8-21)32-11-13-33(14-12-32)27-29-16-20(28)17-30-27/h2-10,15-17,24,34H,11-14H2,1H3,(H,31,35). The number of aliphatic hydroxyl groups excluding tert-OH is 1. The summed E-state index contributed by atoms with van der Waals surface area (Å²) >= 11 is 0. The first kappa shape index (κ1) is 23.5. The zero-order valence-corrected chi connectivity index (χ0v) is 19.8. The largest absolute Gasteiger partial charge is 0.462 e. The molecule has 4 aromatic rings. The number of aryl methyl sites for hydroxylation is 1. The molecule has 0 spiro atoms. The minimum atomic E-state index is -1.45. The molecule has 2 aromatic carbocycles. The molecular formula is C27H26FN5O3. The van der Waals surface area contributed by atoms with Gasteiger partial charge in [-0.25, -0.2) is 14.4 Å². The second-order valence-corrected chi connectivity index (χ2v) is 8.62. The maximum Gasteiger partial charge on any atom is 0.261 e. The zero-order valence-electron chi connectivity index (χ0n) is 19.8. The quantitative estimate of drug-likeness (QED) is 0.421. The number of carbonyl (C=O) groups excluding carboxylic acids is 1. The lowest BCUT2D eigenvalue weighted by atomic mass is 10.0. The van der Waals surface area contributed by atoms with Gasteiger partial charge >= 0.3 is 0 Å². The number of hydrogen-bond acceptors (Lipinski definition) is 7. The van der Waals surface area contributed by atoms with Gasteiger partial charge in [0.05, 0.1) is 12.4 Å².